The second kappa shape index (κ2) is 4.69. The molecule has 1 aliphatic rings. The summed E-state index contributed by atoms with van der Waals surface area (Å²) < 4.78 is 0. The number of nitrogens with zero attached hydrogens (tertiary/aromatic N) is 1. The molecule has 1 saturated heterocycles. The molecular formula is C15H16N2O. The number of anilines is 1. The van der Waals surface area contributed by atoms with Gasteiger partial charge in [0.2, 0.25) is 6.41 Å². The molecule has 1 heterocycles. The largest absolute Gasteiger partial charge is 0.369 e. The molecule has 3 heteroatoms. The predicted octanol–water partition coefficient (Wildman–Crippen LogP) is 2.16. The van der Waals surface area contributed by atoms with Crippen LogP contribution in [0.15, 0.2) is 42.5 Å². The van der Waals surface area contributed by atoms with Crippen molar-refractivity contribution >= 4 is 22.9 Å². The van der Waals surface area contributed by atoms with E-state index in [-0.39, 0.29) is 6.04 Å². The van der Waals surface area contributed by atoms with Crippen molar-refractivity contribution in [3.05, 3.63) is 42.5 Å². The third-order valence-electron chi connectivity index (χ3n) is 3.59. The highest BCUT2D eigenvalue weighted by atomic mass is 16.1. The first kappa shape index (κ1) is 11.1. The Morgan fingerprint density at radius 3 is 2.83 bits per heavy atom. The number of carbonyl (C=O) groups is 1. The molecule has 0 saturated carbocycles. The Balaban J connectivity index is 1.84. The topological polar surface area (TPSA) is 32.3 Å². The van der Waals surface area contributed by atoms with E-state index in [1.54, 1.807) is 0 Å². The highest BCUT2D eigenvalue weighted by Gasteiger charge is 2.21. The van der Waals surface area contributed by atoms with E-state index in [9.17, 15) is 4.79 Å². The van der Waals surface area contributed by atoms with Gasteiger partial charge in [0.1, 0.15) is 0 Å². The fourth-order valence-electron chi connectivity index (χ4n) is 2.60. The molecule has 3 nitrogen and oxygen atoms in total. The molecule has 0 aromatic heterocycles. The van der Waals surface area contributed by atoms with Gasteiger partial charge in [-0.15, -0.1) is 0 Å². The number of benzene rings is 2. The number of nitrogens with one attached hydrogen (secondary N) is 1. The van der Waals surface area contributed by atoms with E-state index in [2.05, 4.69) is 52.7 Å². The van der Waals surface area contributed by atoms with Crippen molar-refractivity contribution < 1.29 is 4.79 Å². The molecule has 0 aliphatic carbocycles. The van der Waals surface area contributed by atoms with Gasteiger partial charge in [-0.25, -0.2) is 0 Å². The quantitative estimate of drug-likeness (QED) is 0.834. The number of carbonyl (C=O) groups excluding carboxylic acids is 1. The van der Waals surface area contributed by atoms with Gasteiger partial charge in [0.15, 0.2) is 0 Å². The fourth-order valence-corrected chi connectivity index (χ4v) is 2.60. The Labute approximate surface area is 106 Å². The normalized spacial score (nSPS) is 19.1. The number of fused-ring (bicyclic) bond motifs is 1. The minimum Gasteiger partial charge on any atom is -0.369 e. The first-order chi connectivity index (χ1) is 8.86. The van der Waals surface area contributed by atoms with Crippen molar-refractivity contribution in [2.45, 2.75) is 12.5 Å². The van der Waals surface area contributed by atoms with E-state index in [4.69, 9.17) is 0 Å². The third kappa shape index (κ3) is 2.04. The van der Waals surface area contributed by atoms with Crippen molar-refractivity contribution in [2.24, 2.45) is 0 Å². The summed E-state index contributed by atoms with van der Waals surface area (Å²) in [6.07, 6.45) is 1.82. The first-order valence-corrected chi connectivity index (χ1v) is 6.30. The van der Waals surface area contributed by atoms with Gasteiger partial charge in [-0.3, -0.25) is 4.79 Å². The van der Waals surface area contributed by atoms with Gasteiger partial charge >= 0.3 is 0 Å². The first-order valence-electron chi connectivity index (χ1n) is 6.30. The molecule has 1 N–H and O–H groups in total. The summed E-state index contributed by atoms with van der Waals surface area (Å²) in [5, 5.41) is 5.39. The lowest BCUT2D eigenvalue weighted by atomic mass is 10.1. The van der Waals surface area contributed by atoms with Crippen LogP contribution in [0.1, 0.15) is 6.42 Å². The Kier molecular flexibility index (Phi) is 2.89. The lowest BCUT2D eigenvalue weighted by Crippen LogP contribution is -2.31. The van der Waals surface area contributed by atoms with Crippen molar-refractivity contribution in [3.63, 3.8) is 0 Å². The van der Waals surface area contributed by atoms with Crippen LogP contribution in [0.4, 0.5) is 5.69 Å². The average Bonchev–Trinajstić information content (AvgIpc) is 2.87. The summed E-state index contributed by atoms with van der Waals surface area (Å²) in [4.78, 5) is 12.8. The molecule has 0 spiro atoms. The molecule has 2 aromatic carbocycles. The zero-order valence-corrected chi connectivity index (χ0v) is 10.2. The van der Waals surface area contributed by atoms with Crippen LogP contribution in [0.5, 0.6) is 0 Å². The zero-order chi connectivity index (χ0) is 12.4. The van der Waals surface area contributed by atoms with E-state index < -0.39 is 0 Å². The van der Waals surface area contributed by atoms with Gasteiger partial charge in [-0.05, 0) is 29.3 Å². The Hall–Kier alpha value is -2.03. The number of rotatable bonds is 3. The van der Waals surface area contributed by atoms with Crippen LogP contribution in [-0.4, -0.2) is 25.5 Å². The van der Waals surface area contributed by atoms with Crippen LogP contribution in [0.2, 0.25) is 0 Å². The zero-order valence-electron chi connectivity index (χ0n) is 10.2. The fraction of sp³-hybridized carbons (Fsp3) is 0.267. The number of amides is 1. The van der Waals surface area contributed by atoms with E-state index in [0.717, 1.165) is 25.9 Å². The molecular weight excluding hydrogens is 224 g/mol. The Morgan fingerprint density at radius 2 is 2.00 bits per heavy atom. The van der Waals surface area contributed by atoms with E-state index in [1.165, 1.54) is 16.5 Å². The number of hydrogen-bond donors (Lipinski definition) is 1. The van der Waals surface area contributed by atoms with Crippen LogP contribution in [-0.2, 0) is 4.79 Å². The van der Waals surface area contributed by atoms with Crippen LogP contribution in [0.3, 0.4) is 0 Å². The molecule has 1 aliphatic heterocycles. The number of hydrogen-bond acceptors (Lipinski definition) is 2. The van der Waals surface area contributed by atoms with E-state index in [0.29, 0.717) is 0 Å². The second-order valence-corrected chi connectivity index (χ2v) is 4.75. The van der Waals surface area contributed by atoms with Gasteiger partial charge in [0.25, 0.3) is 0 Å². The second-order valence-electron chi connectivity index (χ2n) is 4.75. The summed E-state index contributed by atoms with van der Waals surface area (Å²) in [5.74, 6) is 0. The summed E-state index contributed by atoms with van der Waals surface area (Å²) in [6.45, 7) is 1.90. The maximum absolute atomic E-state index is 10.4. The summed E-state index contributed by atoms with van der Waals surface area (Å²) in [6, 6.07) is 15.2. The maximum atomic E-state index is 10.4. The minimum atomic E-state index is 0.286. The third-order valence-corrected chi connectivity index (χ3v) is 3.59. The molecule has 1 amide bonds. The SMILES string of the molecule is O=CNC1CCN(c2ccc3ccccc3c2)C1. The van der Waals surface area contributed by atoms with Crippen molar-refractivity contribution in [1.82, 2.24) is 5.32 Å². The molecule has 18 heavy (non-hydrogen) atoms. The molecule has 1 atom stereocenters. The molecule has 0 bridgehead atoms. The van der Waals surface area contributed by atoms with Crippen LogP contribution < -0.4 is 10.2 Å². The molecule has 1 unspecified atom stereocenters. The lowest BCUT2D eigenvalue weighted by Gasteiger charge is -2.19. The monoisotopic (exact) mass is 240 g/mol. The average molecular weight is 240 g/mol. The highest BCUT2D eigenvalue weighted by molar-refractivity contribution is 5.85. The van der Waals surface area contributed by atoms with Crippen molar-refractivity contribution in [3.8, 4) is 0 Å². The molecule has 92 valence electrons. The van der Waals surface area contributed by atoms with Gasteiger partial charge < -0.3 is 10.2 Å². The summed E-state index contributed by atoms with van der Waals surface area (Å²) in [7, 11) is 0. The van der Waals surface area contributed by atoms with Crippen molar-refractivity contribution in [1.29, 1.82) is 0 Å². The van der Waals surface area contributed by atoms with Crippen LogP contribution in [0, 0.1) is 0 Å². The minimum absolute atomic E-state index is 0.286. The van der Waals surface area contributed by atoms with Crippen LogP contribution >= 0.6 is 0 Å². The molecule has 2 aromatic rings. The smallest absolute Gasteiger partial charge is 0.207 e. The highest BCUT2D eigenvalue weighted by Crippen LogP contribution is 2.25. The molecule has 3 rings (SSSR count). The van der Waals surface area contributed by atoms with E-state index in [1.807, 2.05) is 0 Å². The van der Waals surface area contributed by atoms with Gasteiger partial charge in [0.05, 0.1) is 0 Å². The predicted molar refractivity (Wildman–Crippen MR) is 73.8 cm³/mol. The maximum Gasteiger partial charge on any atom is 0.207 e. The Bertz CT molecular complexity index is 567. The lowest BCUT2D eigenvalue weighted by molar-refractivity contribution is -0.110. The van der Waals surface area contributed by atoms with Gasteiger partial charge in [-0.1, -0.05) is 30.3 Å². The standard InChI is InChI=1S/C15H16N2O/c18-11-16-14-7-8-17(10-14)15-6-5-12-3-1-2-4-13(12)9-15/h1-6,9,11,14H,7-8,10H2,(H,16,18). The van der Waals surface area contributed by atoms with E-state index >= 15 is 0 Å². The van der Waals surface area contributed by atoms with Gasteiger partial charge in [0, 0.05) is 24.8 Å². The van der Waals surface area contributed by atoms with Crippen molar-refractivity contribution in [2.75, 3.05) is 18.0 Å². The summed E-state index contributed by atoms with van der Waals surface area (Å²) >= 11 is 0. The van der Waals surface area contributed by atoms with Gasteiger partial charge in [-0.2, -0.15) is 0 Å². The van der Waals surface area contributed by atoms with Crippen LogP contribution in [0.25, 0.3) is 10.8 Å². The Morgan fingerprint density at radius 1 is 1.17 bits per heavy atom. The summed E-state index contributed by atoms with van der Waals surface area (Å²) in [5.41, 5.74) is 1.24. The molecule has 0 radical (unpaired) electrons. The molecule has 1 fully saturated rings.